The van der Waals surface area contributed by atoms with Gasteiger partial charge in [0.25, 0.3) is 0 Å². The van der Waals surface area contributed by atoms with Crippen LogP contribution in [0.25, 0.3) is 0 Å². The number of nitrogens with zero attached hydrogens (tertiary/aromatic N) is 4. The first-order valence-electron chi connectivity index (χ1n) is 10.0. The molecule has 6 nitrogen and oxygen atoms in total. The number of likely N-dealkylation sites (tertiary alicyclic amines) is 1. The number of hydrogen-bond acceptors (Lipinski definition) is 5. The molecule has 28 heavy (non-hydrogen) atoms. The van der Waals surface area contributed by atoms with Crippen LogP contribution in [0.15, 0.2) is 42.6 Å². The fraction of sp³-hybridized carbons (Fsp3) is 0.500. The summed E-state index contributed by atoms with van der Waals surface area (Å²) in [4.78, 5) is 26.1. The third kappa shape index (κ3) is 5.07. The Morgan fingerprint density at radius 2 is 2.04 bits per heavy atom. The maximum absolute atomic E-state index is 13.2. The van der Waals surface area contributed by atoms with E-state index in [2.05, 4.69) is 47.9 Å². The summed E-state index contributed by atoms with van der Waals surface area (Å²) < 4.78 is 0. The Bertz CT molecular complexity index is 780. The molecule has 6 heteroatoms. The molecular formula is C22H31N5O. The van der Waals surface area contributed by atoms with E-state index in [0.717, 1.165) is 31.8 Å². The third-order valence-corrected chi connectivity index (χ3v) is 5.64. The molecule has 0 unspecified atom stereocenters. The van der Waals surface area contributed by atoms with Crippen molar-refractivity contribution in [2.24, 2.45) is 11.8 Å². The SMILES string of the molecule is CC(C)[C@H](Cc1ccccc1)C(=O)N1CC[C@H](N(C)Cc2nccc(N)n2)C1. The summed E-state index contributed by atoms with van der Waals surface area (Å²) in [5.74, 6) is 1.81. The second-order valence-corrected chi connectivity index (χ2v) is 8.08. The van der Waals surface area contributed by atoms with Crippen LogP contribution in [0.5, 0.6) is 0 Å². The van der Waals surface area contributed by atoms with Crippen molar-refractivity contribution in [3.05, 3.63) is 54.0 Å². The van der Waals surface area contributed by atoms with E-state index in [1.165, 1.54) is 5.56 Å². The van der Waals surface area contributed by atoms with E-state index in [-0.39, 0.29) is 11.8 Å². The van der Waals surface area contributed by atoms with Crippen molar-refractivity contribution in [2.45, 2.75) is 39.3 Å². The van der Waals surface area contributed by atoms with Gasteiger partial charge in [0, 0.05) is 31.2 Å². The first-order chi connectivity index (χ1) is 13.4. The summed E-state index contributed by atoms with van der Waals surface area (Å²) in [7, 11) is 2.06. The van der Waals surface area contributed by atoms with Crippen LogP contribution < -0.4 is 5.73 Å². The summed E-state index contributed by atoms with van der Waals surface area (Å²) in [5.41, 5.74) is 6.98. The van der Waals surface area contributed by atoms with Gasteiger partial charge in [-0.3, -0.25) is 9.69 Å². The fourth-order valence-electron chi connectivity index (χ4n) is 3.86. The Labute approximate surface area is 167 Å². The predicted octanol–water partition coefficient (Wildman–Crippen LogP) is 2.61. The number of aromatic nitrogens is 2. The Hall–Kier alpha value is -2.47. The minimum absolute atomic E-state index is 0.0173. The van der Waals surface area contributed by atoms with E-state index in [1.54, 1.807) is 12.3 Å². The molecule has 1 aromatic carbocycles. The molecule has 2 aromatic rings. The van der Waals surface area contributed by atoms with Gasteiger partial charge in [-0.1, -0.05) is 44.2 Å². The van der Waals surface area contributed by atoms with Gasteiger partial charge in [-0.2, -0.15) is 0 Å². The zero-order valence-corrected chi connectivity index (χ0v) is 17.1. The van der Waals surface area contributed by atoms with Gasteiger partial charge in [0.1, 0.15) is 11.6 Å². The van der Waals surface area contributed by atoms with Gasteiger partial charge in [0.05, 0.1) is 6.54 Å². The molecule has 0 saturated carbocycles. The number of nitrogen functional groups attached to an aromatic ring is 1. The Morgan fingerprint density at radius 3 is 2.71 bits per heavy atom. The van der Waals surface area contributed by atoms with Gasteiger partial charge >= 0.3 is 0 Å². The molecular weight excluding hydrogens is 350 g/mol. The highest BCUT2D eigenvalue weighted by molar-refractivity contribution is 5.79. The van der Waals surface area contributed by atoms with Gasteiger partial charge in [-0.05, 0) is 37.4 Å². The van der Waals surface area contributed by atoms with Gasteiger partial charge in [0.15, 0.2) is 0 Å². The van der Waals surface area contributed by atoms with Crippen LogP contribution in [-0.4, -0.2) is 51.9 Å². The van der Waals surface area contributed by atoms with Gasteiger partial charge in [-0.15, -0.1) is 0 Å². The number of carbonyl (C=O) groups excluding carboxylic acids is 1. The molecule has 1 aromatic heterocycles. The van der Waals surface area contributed by atoms with Crippen molar-refractivity contribution in [1.82, 2.24) is 19.8 Å². The number of rotatable bonds is 7. The van der Waals surface area contributed by atoms with Crippen molar-refractivity contribution in [3.8, 4) is 0 Å². The lowest BCUT2D eigenvalue weighted by Crippen LogP contribution is -2.40. The van der Waals surface area contributed by atoms with Gasteiger partial charge in [-0.25, -0.2) is 9.97 Å². The smallest absolute Gasteiger partial charge is 0.226 e. The van der Waals surface area contributed by atoms with Crippen molar-refractivity contribution in [3.63, 3.8) is 0 Å². The molecule has 0 radical (unpaired) electrons. The Balaban J connectivity index is 1.60. The quantitative estimate of drug-likeness (QED) is 0.798. The molecule has 0 spiro atoms. The van der Waals surface area contributed by atoms with Crippen molar-refractivity contribution < 1.29 is 4.79 Å². The molecule has 1 aliphatic heterocycles. The van der Waals surface area contributed by atoms with Crippen molar-refractivity contribution in [1.29, 1.82) is 0 Å². The number of amides is 1. The third-order valence-electron chi connectivity index (χ3n) is 5.64. The highest BCUT2D eigenvalue weighted by Gasteiger charge is 2.33. The van der Waals surface area contributed by atoms with E-state index >= 15 is 0 Å². The normalized spacial score (nSPS) is 18.0. The van der Waals surface area contributed by atoms with Gasteiger partial charge in [0.2, 0.25) is 5.91 Å². The van der Waals surface area contributed by atoms with Crippen LogP contribution in [0.4, 0.5) is 5.82 Å². The van der Waals surface area contributed by atoms with Crippen LogP contribution in [0.1, 0.15) is 31.7 Å². The second kappa shape index (κ2) is 9.15. The Morgan fingerprint density at radius 1 is 1.29 bits per heavy atom. The standard InChI is InChI=1S/C22H31N5O/c1-16(2)19(13-17-7-5-4-6-8-17)22(28)27-12-10-18(14-27)26(3)15-21-24-11-9-20(23)25-21/h4-9,11,16,18-19H,10,12-15H2,1-3H3,(H2,23,24,25)/t18-,19-/m0/s1. The number of anilines is 1. The number of hydrogen-bond donors (Lipinski definition) is 1. The lowest BCUT2D eigenvalue weighted by Gasteiger charge is -2.28. The molecule has 3 rings (SSSR count). The van der Waals surface area contributed by atoms with E-state index in [9.17, 15) is 4.79 Å². The number of carbonyl (C=O) groups is 1. The number of nitrogens with two attached hydrogens (primary N) is 1. The molecule has 1 fully saturated rings. The molecule has 2 heterocycles. The largest absolute Gasteiger partial charge is 0.384 e. The maximum atomic E-state index is 13.2. The zero-order chi connectivity index (χ0) is 20.1. The molecule has 1 saturated heterocycles. The number of likely N-dealkylation sites (N-methyl/N-ethyl adjacent to an activating group) is 1. The highest BCUT2D eigenvalue weighted by Crippen LogP contribution is 2.24. The molecule has 1 amide bonds. The van der Waals surface area contributed by atoms with Crippen LogP contribution in [0.2, 0.25) is 0 Å². The molecule has 2 N–H and O–H groups in total. The lowest BCUT2D eigenvalue weighted by molar-refractivity contribution is -0.136. The van der Waals surface area contributed by atoms with E-state index in [1.807, 2.05) is 23.1 Å². The second-order valence-electron chi connectivity index (χ2n) is 8.08. The first kappa shape index (κ1) is 20.3. The monoisotopic (exact) mass is 381 g/mol. The van der Waals surface area contributed by atoms with E-state index in [4.69, 9.17) is 5.73 Å². The lowest BCUT2D eigenvalue weighted by atomic mass is 9.88. The van der Waals surface area contributed by atoms with Crippen LogP contribution in [0.3, 0.4) is 0 Å². The van der Waals surface area contributed by atoms with E-state index in [0.29, 0.717) is 24.3 Å². The van der Waals surface area contributed by atoms with Crippen LogP contribution in [0, 0.1) is 11.8 Å². The zero-order valence-electron chi connectivity index (χ0n) is 17.1. The maximum Gasteiger partial charge on any atom is 0.226 e. The molecule has 0 bridgehead atoms. The average Bonchev–Trinajstić information content (AvgIpc) is 3.16. The summed E-state index contributed by atoms with van der Waals surface area (Å²) in [6.45, 7) is 6.49. The van der Waals surface area contributed by atoms with Crippen molar-refractivity contribution in [2.75, 3.05) is 25.9 Å². The molecule has 0 aliphatic carbocycles. The summed E-state index contributed by atoms with van der Waals surface area (Å²) in [5, 5.41) is 0. The number of benzene rings is 1. The molecule has 2 atom stereocenters. The summed E-state index contributed by atoms with van der Waals surface area (Å²) in [6, 6.07) is 12.3. The first-order valence-corrected chi connectivity index (χ1v) is 10.0. The fourth-order valence-corrected chi connectivity index (χ4v) is 3.86. The predicted molar refractivity (Wildman–Crippen MR) is 111 cm³/mol. The Kier molecular flexibility index (Phi) is 6.62. The van der Waals surface area contributed by atoms with Crippen molar-refractivity contribution >= 4 is 11.7 Å². The van der Waals surface area contributed by atoms with E-state index < -0.39 is 0 Å². The topological polar surface area (TPSA) is 75.4 Å². The van der Waals surface area contributed by atoms with Crippen LogP contribution >= 0.6 is 0 Å². The molecule has 1 aliphatic rings. The molecule has 150 valence electrons. The minimum atomic E-state index is 0.0173. The highest BCUT2D eigenvalue weighted by atomic mass is 16.2. The summed E-state index contributed by atoms with van der Waals surface area (Å²) >= 11 is 0. The average molecular weight is 382 g/mol. The summed E-state index contributed by atoms with van der Waals surface area (Å²) in [6.07, 6.45) is 3.46. The minimum Gasteiger partial charge on any atom is -0.384 e. The van der Waals surface area contributed by atoms with Gasteiger partial charge < -0.3 is 10.6 Å². The van der Waals surface area contributed by atoms with Crippen LogP contribution in [-0.2, 0) is 17.8 Å².